The van der Waals surface area contributed by atoms with Gasteiger partial charge >= 0.3 is 0 Å². The zero-order valence-electron chi connectivity index (χ0n) is 11.2. The molecule has 0 unspecified atom stereocenters. The second-order valence-corrected chi connectivity index (χ2v) is 6.74. The summed E-state index contributed by atoms with van der Waals surface area (Å²) >= 11 is 0. The number of hydrogen-bond acceptors (Lipinski definition) is 2. The number of hydrogen-bond donors (Lipinski definition) is 0. The van der Waals surface area contributed by atoms with E-state index in [4.69, 9.17) is 0 Å². The average Bonchev–Trinajstić information content (AvgIpc) is 2.75. The maximum Gasteiger partial charge on any atom is 0.268 e. The lowest BCUT2D eigenvalue weighted by atomic mass is 10.2. The molecule has 4 heteroatoms. The number of anilines is 1. The molecule has 20 heavy (non-hydrogen) atoms. The minimum Gasteiger partial charge on any atom is -0.239 e. The van der Waals surface area contributed by atoms with Crippen molar-refractivity contribution in [2.75, 3.05) is 4.31 Å². The summed E-state index contributed by atoms with van der Waals surface area (Å²) in [4.78, 5) is 0.293. The minimum atomic E-state index is -3.58. The first kappa shape index (κ1) is 12.9. The van der Waals surface area contributed by atoms with Crippen molar-refractivity contribution in [2.24, 2.45) is 0 Å². The number of sulfonamides is 1. The largest absolute Gasteiger partial charge is 0.268 e. The Morgan fingerprint density at radius 1 is 1.05 bits per heavy atom. The standard InChI is InChI=1S/C16H15NO2S/c1-12-7-9-15(10-8-12)20(18,19)17-13(2)11-14-5-3-4-6-16(14)17/h3-10H,2,11H2,1H3. The highest BCUT2D eigenvalue weighted by molar-refractivity contribution is 7.93. The third kappa shape index (κ3) is 1.93. The van der Waals surface area contributed by atoms with Crippen LogP contribution in [0.2, 0.25) is 0 Å². The van der Waals surface area contributed by atoms with Crippen LogP contribution in [-0.4, -0.2) is 8.42 Å². The molecule has 3 rings (SSSR count). The molecule has 0 saturated carbocycles. The van der Waals surface area contributed by atoms with Gasteiger partial charge in [0.05, 0.1) is 10.6 Å². The quantitative estimate of drug-likeness (QED) is 0.849. The van der Waals surface area contributed by atoms with Crippen LogP contribution in [0, 0.1) is 6.92 Å². The molecule has 0 fully saturated rings. The molecule has 1 aliphatic rings. The van der Waals surface area contributed by atoms with Gasteiger partial charge in [-0.15, -0.1) is 0 Å². The number of benzene rings is 2. The Balaban J connectivity index is 2.13. The van der Waals surface area contributed by atoms with Crippen LogP contribution in [0.15, 0.2) is 65.7 Å². The number of aryl methyl sites for hydroxylation is 1. The fourth-order valence-corrected chi connectivity index (χ4v) is 3.97. The maximum atomic E-state index is 12.8. The fourth-order valence-electron chi connectivity index (χ4n) is 2.44. The van der Waals surface area contributed by atoms with E-state index in [9.17, 15) is 8.42 Å². The Morgan fingerprint density at radius 3 is 2.40 bits per heavy atom. The zero-order chi connectivity index (χ0) is 14.3. The summed E-state index contributed by atoms with van der Waals surface area (Å²) in [5, 5.41) is 0. The van der Waals surface area contributed by atoms with Gasteiger partial charge in [-0.1, -0.05) is 42.5 Å². The molecule has 0 N–H and O–H groups in total. The van der Waals surface area contributed by atoms with Crippen molar-refractivity contribution < 1.29 is 8.42 Å². The van der Waals surface area contributed by atoms with Crippen LogP contribution in [0.4, 0.5) is 5.69 Å². The van der Waals surface area contributed by atoms with Crippen LogP contribution >= 0.6 is 0 Å². The Bertz CT molecular complexity index is 776. The van der Waals surface area contributed by atoms with E-state index in [-0.39, 0.29) is 0 Å². The average molecular weight is 285 g/mol. The lowest BCUT2D eigenvalue weighted by Gasteiger charge is -2.20. The van der Waals surface area contributed by atoms with Gasteiger partial charge in [-0.3, -0.25) is 0 Å². The molecule has 0 saturated heterocycles. The number of fused-ring (bicyclic) bond motifs is 1. The highest BCUT2D eigenvalue weighted by atomic mass is 32.2. The van der Waals surface area contributed by atoms with E-state index >= 15 is 0 Å². The van der Waals surface area contributed by atoms with E-state index in [2.05, 4.69) is 6.58 Å². The molecule has 0 aliphatic carbocycles. The second kappa shape index (κ2) is 4.49. The molecule has 3 nitrogen and oxygen atoms in total. The molecule has 2 aromatic rings. The molecule has 0 bridgehead atoms. The molecule has 0 spiro atoms. The monoisotopic (exact) mass is 285 g/mol. The van der Waals surface area contributed by atoms with Crippen LogP contribution in [0.25, 0.3) is 0 Å². The molecule has 0 radical (unpaired) electrons. The third-order valence-electron chi connectivity index (χ3n) is 3.45. The Morgan fingerprint density at radius 2 is 1.70 bits per heavy atom. The van der Waals surface area contributed by atoms with Crippen molar-refractivity contribution in [3.05, 3.63) is 71.9 Å². The fraction of sp³-hybridized carbons (Fsp3) is 0.125. The van der Waals surface area contributed by atoms with E-state index in [1.54, 1.807) is 24.3 Å². The van der Waals surface area contributed by atoms with Crippen molar-refractivity contribution >= 4 is 15.7 Å². The van der Waals surface area contributed by atoms with E-state index in [0.717, 1.165) is 11.1 Å². The summed E-state index contributed by atoms with van der Waals surface area (Å²) in [7, 11) is -3.58. The molecule has 1 heterocycles. The Labute approximate surface area is 119 Å². The predicted molar refractivity (Wildman–Crippen MR) is 80.1 cm³/mol. The van der Waals surface area contributed by atoms with Crippen molar-refractivity contribution in [2.45, 2.75) is 18.2 Å². The highest BCUT2D eigenvalue weighted by Crippen LogP contribution is 2.37. The van der Waals surface area contributed by atoms with Crippen LogP contribution in [0.3, 0.4) is 0 Å². The van der Waals surface area contributed by atoms with Crippen LogP contribution in [0.1, 0.15) is 11.1 Å². The first-order valence-electron chi connectivity index (χ1n) is 6.38. The molecule has 2 aromatic carbocycles. The molecule has 102 valence electrons. The van der Waals surface area contributed by atoms with Gasteiger partial charge in [0.25, 0.3) is 10.0 Å². The van der Waals surface area contributed by atoms with Crippen LogP contribution in [0.5, 0.6) is 0 Å². The molecule has 0 atom stereocenters. The van der Waals surface area contributed by atoms with E-state index in [0.29, 0.717) is 22.7 Å². The smallest absolute Gasteiger partial charge is 0.239 e. The maximum absolute atomic E-state index is 12.8. The summed E-state index contributed by atoms with van der Waals surface area (Å²) in [5.41, 5.74) is 3.32. The van der Waals surface area contributed by atoms with Crippen molar-refractivity contribution in [3.63, 3.8) is 0 Å². The van der Waals surface area contributed by atoms with Gasteiger partial charge in [0.1, 0.15) is 0 Å². The topological polar surface area (TPSA) is 37.4 Å². The normalized spacial score (nSPS) is 14.4. The van der Waals surface area contributed by atoms with Crippen LogP contribution < -0.4 is 4.31 Å². The van der Waals surface area contributed by atoms with Crippen molar-refractivity contribution in [3.8, 4) is 0 Å². The number of nitrogens with zero attached hydrogens (tertiary/aromatic N) is 1. The molecule has 0 amide bonds. The number of rotatable bonds is 2. The first-order chi connectivity index (χ1) is 9.50. The summed E-state index contributed by atoms with van der Waals surface area (Å²) in [5.74, 6) is 0. The predicted octanol–water partition coefficient (Wildman–Crippen LogP) is 3.26. The van der Waals surface area contributed by atoms with Crippen molar-refractivity contribution in [1.29, 1.82) is 0 Å². The highest BCUT2D eigenvalue weighted by Gasteiger charge is 2.33. The summed E-state index contributed by atoms with van der Waals surface area (Å²) in [6, 6.07) is 14.4. The van der Waals surface area contributed by atoms with Crippen LogP contribution in [-0.2, 0) is 16.4 Å². The lowest BCUT2D eigenvalue weighted by molar-refractivity contribution is 0.595. The molecule has 1 aliphatic heterocycles. The van der Waals surface area contributed by atoms with Gasteiger partial charge < -0.3 is 0 Å². The molecular weight excluding hydrogens is 270 g/mol. The van der Waals surface area contributed by atoms with Gasteiger partial charge in [0.2, 0.25) is 0 Å². The van der Waals surface area contributed by atoms with Gasteiger partial charge in [-0.05, 0) is 30.7 Å². The van der Waals surface area contributed by atoms with Gasteiger partial charge in [0, 0.05) is 12.1 Å². The second-order valence-electron chi connectivity index (χ2n) is 4.95. The SMILES string of the molecule is C=C1Cc2ccccc2N1S(=O)(=O)c1ccc(C)cc1. The van der Waals surface area contributed by atoms with E-state index < -0.39 is 10.0 Å². The summed E-state index contributed by atoms with van der Waals surface area (Å²) < 4.78 is 26.9. The molecule has 0 aromatic heterocycles. The lowest BCUT2D eigenvalue weighted by Crippen LogP contribution is -2.27. The summed E-state index contributed by atoms with van der Waals surface area (Å²) in [6.07, 6.45) is 0.571. The number of allylic oxidation sites excluding steroid dienone is 1. The third-order valence-corrected chi connectivity index (χ3v) is 5.25. The van der Waals surface area contributed by atoms with E-state index in [1.807, 2.05) is 31.2 Å². The Hall–Kier alpha value is -2.07. The number of para-hydroxylation sites is 1. The van der Waals surface area contributed by atoms with Crippen molar-refractivity contribution in [1.82, 2.24) is 0 Å². The van der Waals surface area contributed by atoms with E-state index in [1.165, 1.54) is 4.31 Å². The van der Waals surface area contributed by atoms with Gasteiger partial charge in [0.15, 0.2) is 0 Å². The first-order valence-corrected chi connectivity index (χ1v) is 7.82. The van der Waals surface area contributed by atoms with Gasteiger partial charge in [-0.25, -0.2) is 12.7 Å². The minimum absolute atomic E-state index is 0.293. The molecular formula is C16H15NO2S. The zero-order valence-corrected chi connectivity index (χ0v) is 12.0. The summed E-state index contributed by atoms with van der Waals surface area (Å²) in [6.45, 7) is 5.84. The Kier molecular flexibility index (Phi) is 2.91. The van der Waals surface area contributed by atoms with Gasteiger partial charge in [-0.2, -0.15) is 0 Å².